The summed E-state index contributed by atoms with van der Waals surface area (Å²) in [5.74, 6) is 0. The van der Waals surface area contributed by atoms with E-state index >= 15 is 0 Å². The lowest BCUT2D eigenvalue weighted by Crippen LogP contribution is -2.71. The third-order valence-corrected chi connectivity index (χ3v) is 14.1. The first-order valence-corrected chi connectivity index (χ1v) is 14.2. The molecule has 1 rings (SSSR count). The van der Waals surface area contributed by atoms with Crippen LogP contribution in [-0.2, 0) is 25.6 Å². The minimum absolute atomic E-state index is 0.00867. The average molecular weight is 355 g/mol. The number of hydrogen-bond acceptors (Lipinski definition) is 6. The molecule has 0 aromatic carbocycles. The van der Waals surface area contributed by atoms with Crippen molar-refractivity contribution in [3.8, 4) is 0 Å². The predicted octanol–water partition coefficient (Wildman–Crippen LogP) is 3.03. The van der Waals surface area contributed by atoms with Gasteiger partial charge in [-0.1, -0.05) is 0 Å². The first-order valence-electron chi connectivity index (χ1n) is 7.51. The Hall–Kier alpha value is 0.411. The van der Waals surface area contributed by atoms with Crippen molar-refractivity contribution in [1.82, 2.24) is 0 Å². The molecule has 6 nitrogen and oxygen atoms in total. The van der Waals surface area contributed by atoms with Crippen LogP contribution in [0.15, 0.2) is 0 Å². The Bertz CT molecular complexity index is 292. The quantitative estimate of drug-likeness (QED) is 0.683. The van der Waals surface area contributed by atoms with Gasteiger partial charge in [0.1, 0.15) is 0 Å². The Morgan fingerprint density at radius 1 is 0.524 bits per heavy atom. The second-order valence-electron chi connectivity index (χ2n) is 6.39. The molecule has 0 aromatic heterocycles. The molecule has 1 aliphatic rings. The minimum Gasteiger partial charge on any atom is -0.373 e. The Morgan fingerprint density at radius 2 is 0.714 bits per heavy atom. The molecule has 1 aliphatic heterocycles. The van der Waals surface area contributed by atoms with Gasteiger partial charge in [-0.05, 0) is 41.5 Å². The molecule has 0 aromatic rings. The maximum Gasteiger partial charge on any atom is 0.483 e. The maximum absolute atomic E-state index is 6.10. The van der Waals surface area contributed by atoms with Gasteiger partial charge in [0.15, 0.2) is 0 Å². The van der Waals surface area contributed by atoms with Crippen LogP contribution in [0.4, 0.5) is 0 Å². The van der Waals surface area contributed by atoms with Crippen LogP contribution in [0.25, 0.3) is 0 Å². The van der Waals surface area contributed by atoms with Crippen molar-refractivity contribution in [1.29, 1.82) is 0 Å². The zero-order chi connectivity index (χ0) is 16.5. The van der Waals surface area contributed by atoms with Gasteiger partial charge in [-0.2, -0.15) is 0 Å². The highest BCUT2D eigenvalue weighted by molar-refractivity contribution is 6.87. The molecule has 126 valence electrons. The van der Waals surface area contributed by atoms with Gasteiger partial charge in [0.05, 0.1) is 0 Å². The second kappa shape index (κ2) is 6.89. The lowest BCUT2D eigenvalue weighted by atomic mass is 10.5. The number of hydrogen-bond donors (Lipinski definition) is 0. The van der Waals surface area contributed by atoms with Crippen molar-refractivity contribution in [3.05, 3.63) is 0 Å². The molecule has 0 bridgehead atoms. The van der Waals surface area contributed by atoms with E-state index in [9.17, 15) is 0 Å². The number of rotatable bonds is 6. The summed E-state index contributed by atoms with van der Waals surface area (Å²) >= 11 is 0. The summed E-state index contributed by atoms with van der Waals surface area (Å²) in [6.07, 6.45) is 0.0260. The van der Waals surface area contributed by atoms with Crippen molar-refractivity contribution < 1.29 is 25.6 Å². The highest BCUT2D eigenvalue weighted by Crippen LogP contribution is 2.34. The Balaban J connectivity index is 3.03. The predicted molar refractivity (Wildman–Crippen MR) is 86.8 cm³/mol. The molecule has 1 heterocycles. The highest BCUT2D eigenvalue weighted by Gasteiger charge is 2.63. The lowest BCUT2D eigenvalue weighted by molar-refractivity contribution is -0.00418. The molecule has 0 radical (unpaired) electrons. The molecule has 0 atom stereocenters. The molecule has 0 amide bonds. The summed E-state index contributed by atoms with van der Waals surface area (Å²) in [6.45, 7) is 17.4. The van der Waals surface area contributed by atoms with Gasteiger partial charge in [-0.25, -0.2) is 0 Å². The van der Waals surface area contributed by atoms with E-state index in [4.69, 9.17) is 25.6 Å². The fraction of sp³-hybridized carbons (Fsp3) is 1.00. The van der Waals surface area contributed by atoms with Crippen LogP contribution in [0.2, 0.25) is 19.6 Å². The van der Waals surface area contributed by atoms with Gasteiger partial charge >= 0.3 is 26.4 Å². The van der Waals surface area contributed by atoms with E-state index in [0.29, 0.717) is 0 Å². The zero-order valence-corrected chi connectivity index (χ0v) is 17.7. The molecule has 0 N–H and O–H groups in total. The van der Waals surface area contributed by atoms with Crippen LogP contribution < -0.4 is 0 Å². The molecule has 1 fully saturated rings. The molecule has 21 heavy (non-hydrogen) atoms. The van der Waals surface area contributed by atoms with Gasteiger partial charge in [-0.15, -0.1) is 0 Å². The normalized spacial score (nSPS) is 37.7. The van der Waals surface area contributed by atoms with Crippen molar-refractivity contribution in [2.45, 2.75) is 79.5 Å². The largest absolute Gasteiger partial charge is 0.483 e. The monoisotopic (exact) mass is 354 g/mol. The first kappa shape index (κ1) is 19.5. The Kier molecular flexibility index (Phi) is 6.38. The lowest BCUT2D eigenvalue weighted by Gasteiger charge is -2.48. The maximum atomic E-state index is 6.10. The fourth-order valence-corrected chi connectivity index (χ4v) is 15.9. The summed E-state index contributed by atoms with van der Waals surface area (Å²) in [4.78, 5) is 0. The van der Waals surface area contributed by atoms with Crippen LogP contribution in [0.5, 0.6) is 0 Å². The molecule has 0 unspecified atom stereocenters. The van der Waals surface area contributed by atoms with Crippen molar-refractivity contribution in [2.24, 2.45) is 0 Å². The van der Waals surface area contributed by atoms with Gasteiger partial charge in [-0.3, -0.25) is 0 Å². The summed E-state index contributed by atoms with van der Waals surface area (Å²) in [5.41, 5.74) is 0. The van der Waals surface area contributed by atoms with Crippen molar-refractivity contribution in [3.63, 3.8) is 0 Å². The standard InChI is InChI=1S/C12H30O6Si3/c1-10(2)13-19(7)16-20(8,14-11(3)4)18-21(9,17-19)15-12(5)6/h10-12H,1-9H3. The smallest absolute Gasteiger partial charge is 0.373 e. The Morgan fingerprint density at radius 3 is 0.857 bits per heavy atom. The second-order valence-corrected chi connectivity index (χ2v) is 14.7. The third-order valence-electron chi connectivity index (χ3n) is 2.46. The van der Waals surface area contributed by atoms with Gasteiger partial charge < -0.3 is 25.6 Å². The summed E-state index contributed by atoms with van der Waals surface area (Å²) < 4.78 is 36.2. The molecule has 0 saturated carbocycles. The molecular formula is C12H30O6Si3. The SMILES string of the molecule is CC(C)O[Si]1(C)O[Si](C)(OC(C)C)O[Si](C)(OC(C)C)O1. The summed E-state index contributed by atoms with van der Waals surface area (Å²) in [7, 11) is -8.57. The zero-order valence-electron chi connectivity index (χ0n) is 14.7. The first-order chi connectivity index (χ1) is 9.37. The van der Waals surface area contributed by atoms with E-state index in [-0.39, 0.29) is 18.3 Å². The van der Waals surface area contributed by atoms with Crippen molar-refractivity contribution in [2.75, 3.05) is 0 Å². The third kappa shape index (κ3) is 6.20. The summed E-state index contributed by atoms with van der Waals surface area (Å²) in [6, 6.07) is 0. The van der Waals surface area contributed by atoms with E-state index < -0.39 is 26.4 Å². The Labute approximate surface area is 132 Å². The molecule has 0 aliphatic carbocycles. The van der Waals surface area contributed by atoms with E-state index in [2.05, 4.69) is 0 Å². The van der Waals surface area contributed by atoms with Gasteiger partial charge in [0, 0.05) is 38.0 Å². The van der Waals surface area contributed by atoms with Crippen LogP contribution in [0.1, 0.15) is 41.5 Å². The van der Waals surface area contributed by atoms with E-state index in [1.54, 1.807) is 0 Å². The average Bonchev–Trinajstić information content (AvgIpc) is 2.05. The van der Waals surface area contributed by atoms with Gasteiger partial charge in [0.2, 0.25) is 0 Å². The molecule has 1 saturated heterocycles. The van der Waals surface area contributed by atoms with Crippen LogP contribution >= 0.6 is 0 Å². The van der Waals surface area contributed by atoms with Gasteiger partial charge in [0.25, 0.3) is 0 Å². The van der Waals surface area contributed by atoms with E-state index in [0.717, 1.165) is 0 Å². The molecular weight excluding hydrogens is 324 g/mol. The highest BCUT2D eigenvalue weighted by atomic mass is 28.5. The van der Waals surface area contributed by atoms with Crippen LogP contribution in [-0.4, -0.2) is 44.7 Å². The van der Waals surface area contributed by atoms with Crippen LogP contribution in [0.3, 0.4) is 0 Å². The summed E-state index contributed by atoms with van der Waals surface area (Å²) in [5, 5.41) is 0. The van der Waals surface area contributed by atoms with Crippen LogP contribution in [0, 0.1) is 0 Å². The minimum atomic E-state index is -2.86. The molecule has 9 heteroatoms. The topological polar surface area (TPSA) is 55.4 Å². The molecule has 0 spiro atoms. The van der Waals surface area contributed by atoms with E-state index in [1.807, 2.05) is 61.2 Å². The van der Waals surface area contributed by atoms with Crippen molar-refractivity contribution >= 4 is 26.4 Å². The fourth-order valence-electron chi connectivity index (χ4n) is 2.50. The van der Waals surface area contributed by atoms with E-state index in [1.165, 1.54) is 0 Å².